The lowest BCUT2D eigenvalue weighted by molar-refractivity contribution is -0.116. The van der Waals surface area contributed by atoms with Crippen LogP contribution in [0.15, 0.2) is 47.4 Å². The van der Waals surface area contributed by atoms with Gasteiger partial charge in [0.15, 0.2) is 0 Å². The maximum Gasteiger partial charge on any atom is 0.248 e. The predicted molar refractivity (Wildman–Crippen MR) is 110 cm³/mol. The van der Waals surface area contributed by atoms with Crippen molar-refractivity contribution in [2.75, 3.05) is 22.1 Å². The Labute approximate surface area is 163 Å². The van der Waals surface area contributed by atoms with E-state index in [1.54, 1.807) is 31.2 Å². The van der Waals surface area contributed by atoms with E-state index in [1.807, 2.05) is 31.4 Å². The van der Waals surface area contributed by atoms with Crippen LogP contribution in [0.2, 0.25) is 5.02 Å². The number of carbonyl (C=O) groups is 1. The highest BCUT2D eigenvalue weighted by molar-refractivity contribution is 7.98. The molecule has 5 nitrogen and oxygen atoms in total. The first-order chi connectivity index (χ1) is 12.1. The highest BCUT2D eigenvalue weighted by Crippen LogP contribution is 2.28. The van der Waals surface area contributed by atoms with Crippen LogP contribution in [0.4, 0.5) is 11.4 Å². The zero-order valence-corrected chi connectivity index (χ0v) is 17.4. The van der Waals surface area contributed by atoms with Gasteiger partial charge in [-0.05, 0) is 49.9 Å². The quantitative estimate of drug-likeness (QED) is 0.723. The number of para-hydroxylation sites is 1. The summed E-state index contributed by atoms with van der Waals surface area (Å²) in [6.45, 7) is 3.37. The molecule has 0 saturated carbocycles. The van der Waals surface area contributed by atoms with E-state index in [0.717, 1.165) is 21.0 Å². The lowest BCUT2D eigenvalue weighted by Crippen LogP contribution is -2.45. The van der Waals surface area contributed by atoms with Crippen LogP contribution >= 0.6 is 23.4 Å². The van der Waals surface area contributed by atoms with Gasteiger partial charge in [-0.25, -0.2) is 8.42 Å². The molecule has 1 amide bonds. The summed E-state index contributed by atoms with van der Waals surface area (Å²) in [6.07, 6.45) is 2.98. The summed E-state index contributed by atoms with van der Waals surface area (Å²) < 4.78 is 25.8. The maximum atomic E-state index is 12.7. The van der Waals surface area contributed by atoms with Crippen LogP contribution in [0.3, 0.4) is 0 Å². The van der Waals surface area contributed by atoms with Crippen molar-refractivity contribution in [3.05, 3.63) is 53.1 Å². The van der Waals surface area contributed by atoms with Crippen molar-refractivity contribution in [1.29, 1.82) is 0 Å². The number of anilines is 2. The number of nitrogens with zero attached hydrogens (tertiary/aromatic N) is 1. The van der Waals surface area contributed by atoms with Crippen LogP contribution in [0, 0.1) is 6.92 Å². The average molecular weight is 413 g/mol. The second-order valence-electron chi connectivity index (χ2n) is 5.86. The summed E-state index contributed by atoms with van der Waals surface area (Å²) in [6, 6.07) is 11.3. The molecule has 0 saturated heterocycles. The van der Waals surface area contributed by atoms with E-state index in [4.69, 9.17) is 11.6 Å². The zero-order valence-electron chi connectivity index (χ0n) is 15.0. The number of amides is 1. The van der Waals surface area contributed by atoms with Crippen molar-refractivity contribution in [1.82, 2.24) is 0 Å². The minimum atomic E-state index is -3.69. The van der Waals surface area contributed by atoms with Gasteiger partial charge in [0, 0.05) is 9.92 Å². The second kappa shape index (κ2) is 8.33. The Morgan fingerprint density at radius 3 is 2.46 bits per heavy atom. The maximum absolute atomic E-state index is 12.7. The van der Waals surface area contributed by atoms with Gasteiger partial charge in [0.25, 0.3) is 0 Å². The highest BCUT2D eigenvalue weighted by Gasteiger charge is 2.29. The fraction of sp³-hybridized carbons (Fsp3) is 0.278. The molecular formula is C18H21ClN2O3S2. The van der Waals surface area contributed by atoms with Crippen molar-refractivity contribution < 1.29 is 13.2 Å². The van der Waals surface area contributed by atoms with Gasteiger partial charge in [0.2, 0.25) is 15.9 Å². The molecule has 8 heteroatoms. The summed E-state index contributed by atoms with van der Waals surface area (Å²) in [5, 5.41) is 3.25. The van der Waals surface area contributed by atoms with Gasteiger partial charge in [-0.1, -0.05) is 29.8 Å². The molecule has 140 valence electrons. The molecule has 0 spiro atoms. The van der Waals surface area contributed by atoms with Crippen molar-refractivity contribution in [3.63, 3.8) is 0 Å². The van der Waals surface area contributed by atoms with Crippen molar-refractivity contribution in [2.24, 2.45) is 0 Å². The molecule has 2 aromatic carbocycles. The standard InChI is InChI=1S/C18H21ClN2O3S2/c1-12-9-10-14(11-15(12)19)21(26(4,23)24)13(2)18(22)20-16-7-5-6-8-17(16)25-3/h5-11,13H,1-4H3,(H,20,22). The molecule has 1 unspecified atom stereocenters. The summed E-state index contributed by atoms with van der Waals surface area (Å²) in [5.74, 6) is -0.423. The van der Waals surface area contributed by atoms with Crippen molar-refractivity contribution >= 4 is 50.7 Å². The number of nitrogens with one attached hydrogen (secondary N) is 1. The Bertz CT molecular complexity index is 916. The first-order valence-electron chi connectivity index (χ1n) is 7.84. The van der Waals surface area contributed by atoms with Gasteiger partial charge in [-0.15, -0.1) is 11.8 Å². The van der Waals surface area contributed by atoms with Crippen LogP contribution in [0.25, 0.3) is 0 Å². The number of thioether (sulfide) groups is 1. The van der Waals surface area contributed by atoms with Crippen LogP contribution < -0.4 is 9.62 Å². The van der Waals surface area contributed by atoms with E-state index in [9.17, 15) is 13.2 Å². The number of rotatable bonds is 6. The lowest BCUT2D eigenvalue weighted by Gasteiger charge is -2.28. The van der Waals surface area contributed by atoms with Gasteiger partial charge >= 0.3 is 0 Å². The number of carbonyl (C=O) groups excluding carboxylic acids is 1. The monoisotopic (exact) mass is 412 g/mol. The smallest absolute Gasteiger partial charge is 0.248 e. The van der Waals surface area contributed by atoms with Gasteiger partial charge < -0.3 is 5.32 Å². The first-order valence-corrected chi connectivity index (χ1v) is 11.3. The van der Waals surface area contributed by atoms with Crippen LogP contribution in [0.5, 0.6) is 0 Å². The Balaban J connectivity index is 2.36. The topological polar surface area (TPSA) is 66.5 Å². The van der Waals surface area contributed by atoms with Gasteiger partial charge in [0.05, 0.1) is 17.6 Å². The third-order valence-corrected chi connectivity index (χ3v) is 6.31. The van der Waals surface area contributed by atoms with Gasteiger partial charge in [0.1, 0.15) is 6.04 Å². The second-order valence-corrected chi connectivity index (χ2v) is 8.97. The number of aryl methyl sites for hydroxylation is 1. The first kappa shape index (κ1) is 20.6. The van der Waals surface area contributed by atoms with E-state index in [0.29, 0.717) is 16.4 Å². The fourth-order valence-corrected chi connectivity index (χ4v) is 4.41. The normalized spacial score (nSPS) is 12.5. The summed E-state index contributed by atoms with van der Waals surface area (Å²) >= 11 is 7.64. The number of benzene rings is 2. The van der Waals surface area contributed by atoms with Crippen molar-refractivity contribution in [2.45, 2.75) is 24.8 Å². The number of hydrogen-bond donors (Lipinski definition) is 1. The number of hydrogen-bond acceptors (Lipinski definition) is 4. The van der Waals surface area contributed by atoms with Crippen LogP contribution in [-0.2, 0) is 14.8 Å². The van der Waals surface area contributed by atoms with E-state index in [1.165, 1.54) is 11.8 Å². The molecular weight excluding hydrogens is 392 g/mol. The summed E-state index contributed by atoms with van der Waals surface area (Å²) in [7, 11) is -3.69. The van der Waals surface area contributed by atoms with E-state index in [2.05, 4.69) is 5.32 Å². The molecule has 0 aromatic heterocycles. The third-order valence-electron chi connectivity index (χ3n) is 3.86. The summed E-state index contributed by atoms with van der Waals surface area (Å²) in [4.78, 5) is 13.6. The molecule has 26 heavy (non-hydrogen) atoms. The Morgan fingerprint density at radius 2 is 1.88 bits per heavy atom. The largest absolute Gasteiger partial charge is 0.323 e. The lowest BCUT2D eigenvalue weighted by atomic mass is 10.2. The molecule has 0 bridgehead atoms. The SMILES string of the molecule is CSc1ccccc1NC(=O)C(C)N(c1ccc(C)c(Cl)c1)S(C)(=O)=O. The summed E-state index contributed by atoms with van der Waals surface area (Å²) in [5.41, 5.74) is 1.83. The molecule has 2 rings (SSSR count). The Hall–Kier alpha value is -1.70. The molecule has 1 atom stereocenters. The number of halogens is 1. The minimum Gasteiger partial charge on any atom is -0.323 e. The average Bonchev–Trinajstić information content (AvgIpc) is 2.57. The molecule has 0 aliphatic rings. The Morgan fingerprint density at radius 1 is 1.23 bits per heavy atom. The Kier molecular flexibility index (Phi) is 6.60. The van der Waals surface area contributed by atoms with Gasteiger partial charge in [-0.3, -0.25) is 9.10 Å². The molecule has 0 aliphatic carbocycles. The fourth-order valence-electron chi connectivity index (χ4n) is 2.51. The molecule has 0 radical (unpaired) electrons. The number of sulfonamides is 1. The molecule has 0 heterocycles. The van der Waals surface area contributed by atoms with Crippen molar-refractivity contribution in [3.8, 4) is 0 Å². The molecule has 2 aromatic rings. The van der Waals surface area contributed by atoms with Gasteiger partial charge in [-0.2, -0.15) is 0 Å². The zero-order chi connectivity index (χ0) is 19.5. The third kappa shape index (κ3) is 4.72. The predicted octanol–water partition coefficient (Wildman–Crippen LogP) is 4.16. The molecule has 0 fully saturated rings. The van der Waals surface area contributed by atoms with E-state index < -0.39 is 22.0 Å². The molecule has 0 aliphatic heterocycles. The molecule has 1 N–H and O–H groups in total. The minimum absolute atomic E-state index is 0.351. The van der Waals surface area contributed by atoms with Crippen LogP contribution in [-0.4, -0.2) is 32.9 Å². The highest BCUT2D eigenvalue weighted by atomic mass is 35.5. The van der Waals surface area contributed by atoms with E-state index in [-0.39, 0.29) is 0 Å². The van der Waals surface area contributed by atoms with Crippen LogP contribution in [0.1, 0.15) is 12.5 Å². The van der Waals surface area contributed by atoms with E-state index >= 15 is 0 Å².